The number of aromatic nitrogens is 4. The van der Waals surface area contributed by atoms with Gasteiger partial charge in [-0.05, 0) is 90.9 Å². The Kier molecular flexibility index (Phi) is 59.1. The van der Waals surface area contributed by atoms with Gasteiger partial charge in [0.05, 0.1) is 123 Å². The van der Waals surface area contributed by atoms with Crippen molar-refractivity contribution in [1.29, 1.82) is 0 Å². The second-order valence-electron chi connectivity index (χ2n) is 34.3. The SMILES string of the molecule is CC1C(O)[C@@H](O)C(CO)O[C@H]1OCCCCC(=O)NCCCNC(=O)CCOCC(COCCC(=O)NCCCNC(=O)CCCCO[C@H](OC(CO)[C@@H](C)O)[C@@H](C)CO)(COCCC(=O)NCCCNC(=O)CCCCO[C@H](OC(CO)[C@@H](C)O)[C@@H](C)CO)NC(=O)CCCCCCCCC(=O)N1C[C@H](O)C[C@H]1COP(=O)(O)O[C@H]1C[C@H](n2cnc3c(N)ncnc32)O[C@@H]1CO[PH](=O)O. The van der Waals surface area contributed by atoms with E-state index in [0.29, 0.717) is 96.3 Å². The summed E-state index contributed by atoms with van der Waals surface area (Å²) in [6.07, 6.45) is -3.96. The predicted molar refractivity (Wildman–Crippen MR) is 482 cm³/mol. The number of aliphatic hydroxyl groups excluding tert-OH is 10. The lowest BCUT2D eigenvalue weighted by Crippen LogP contribution is -2.58. The number of hydrogen-bond donors (Lipinski definition) is 20. The number of rotatable bonds is 77. The molecule has 0 aliphatic carbocycles. The number of hydrogen-bond acceptors (Lipinski definition) is 37. The molecule has 21 N–H and O–H groups in total. The van der Waals surface area contributed by atoms with Gasteiger partial charge in [0.15, 0.2) is 30.3 Å². The minimum Gasteiger partial charge on any atom is -0.396 e. The maximum atomic E-state index is 14.2. The van der Waals surface area contributed by atoms with Gasteiger partial charge in [0, 0.05) is 141 Å². The Balaban J connectivity index is 1.15. The molecule has 2 aromatic heterocycles. The van der Waals surface area contributed by atoms with Crippen LogP contribution in [-0.2, 0) is 108 Å². The lowest BCUT2D eigenvalue weighted by molar-refractivity contribution is -0.282. The number of aliphatic hydroxyl groups is 10. The van der Waals surface area contributed by atoms with Gasteiger partial charge in [-0.25, -0.2) is 19.5 Å². The van der Waals surface area contributed by atoms with Gasteiger partial charge >= 0.3 is 16.1 Å². The van der Waals surface area contributed by atoms with Crippen LogP contribution in [0, 0.1) is 17.8 Å². The van der Waals surface area contributed by atoms with Gasteiger partial charge in [-0.15, -0.1) is 0 Å². The summed E-state index contributed by atoms with van der Waals surface area (Å²) in [5, 5.41) is 119. The van der Waals surface area contributed by atoms with Crippen molar-refractivity contribution < 1.29 is 169 Å². The van der Waals surface area contributed by atoms with Gasteiger partial charge in [-0.2, -0.15) is 0 Å². The van der Waals surface area contributed by atoms with E-state index >= 15 is 0 Å². The van der Waals surface area contributed by atoms with Crippen molar-refractivity contribution in [3.8, 4) is 0 Å². The average Bonchev–Trinajstić information content (AvgIpc) is 1.63. The summed E-state index contributed by atoms with van der Waals surface area (Å²) >= 11 is 0. The van der Waals surface area contributed by atoms with Crippen molar-refractivity contribution in [3.63, 3.8) is 0 Å². The number of carbonyl (C=O) groups excluding carboxylic acids is 8. The molecular formula is C85H153N13O35P2. The Hall–Kier alpha value is -6.43. The molecule has 0 aromatic carbocycles. The Morgan fingerprint density at radius 2 is 1.01 bits per heavy atom. The van der Waals surface area contributed by atoms with Crippen LogP contribution in [0.2, 0.25) is 0 Å². The molecule has 3 aliphatic heterocycles. The van der Waals surface area contributed by atoms with Crippen molar-refractivity contribution in [2.75, 3.05) is 157 Å². The number of anilines is 1. The fraction of sp³-hybridized carbons (Fsp3) is 0.847. The van der Waals surface area contributed by atoms with E-state index in [2.05, 4.69) is 52.2 Å². The Morgan fingerprint density at radius 1 is 0.556 bits per heavy atom. The molecule has 0 bridgehead atoms. The van der Waals surface area contributed by atoms with Gasteiger partial charge in [0.1, 0.15) is 60.2 Å². The topological polar surface area (TPSA) is 691 Å². The zero-order valence-electron chi connectivity index (χ0n) is 78.5. The highest BCUT2D eigenvalue weighted by Gasteiger charge is 2.46. The number of nitrogens with zero attached hydrogens (tertiary/aromatic N) is 5. The standard InChI is InChI=1S/C85H153N13O35P2/c1-56(44-99)82(130-64(46-101)59(4)104)124-35-15-12-21-68(107)87-29-18-32-90-71(110)26-38-121-51-85(52-122-39-27-72(111)91-33-19-30-88-69(108)22-13-16-36-125-83(57(2)45-100)131-65(47-102)60(5)105,53-123-40-28-73(112)92-34-20-31-89-70(109)23-14-17-37-126-84-58(3)78(115)79(116)66(48-103)132-84)96-74(113)24-10-8-6-7-9-11-25-75(114)97-43-62(106)41-61(97)49-128-135(119,120)133-63-42-76(129-67(63)50-127-134(117)118)98-55-95-77-80(86)93-54-94-81(77)98/h54-67,76,78-79,82-84,99-106,115-116,134H,6-53H2,1-5H3,(H,87,107)(H,88,108)(H,89,109)(H,90,110)(H,91,111)(H,92,112)(H,96,113)(H,117,118)(H,119,120)(H2,86,93,94)/t56-,57-,58?,59+,60+,61-,62+,63-,64?,65?,66?,67+,76+,78?,79-,82+,83+,84+,85?/m0/s1. The van der Waals surface area contributed by atoms with Crippen LogP contribution in [0.4, 0.5) is 5.82 Å². The van der Waals surface area contributed by atoms with Crippen molar-refractivity contribution in [1.82, 2.24) is 61.6 Å². The smallest absolute Gasteiger partial charge is 0.396 e. The summed E-state index contributed by atoms with van der Waals surface area (Å²) < 4.78 is 101. The highest BCUT2D eigenvalue weighted by atomic mass is 31.2. The number of β-amino-alcohol motifs (C(OH)–C–C–N with tert-alkyl or cyclic N) is 1. The molecule has 3 fully saturated rings. The van der Waals surface area contributed by atoms with Gasteiger partial charge in [0.2, 0.25) is 47.3 Å². The third-order valence-electron chi connectivity index (χ3n) is 22.6. The number of imidazole rings is 1. The van der Waals surface area contributed by atoms with Crippen LogP contribution in [0.15, 0.2) is 12.7 Å². The fourth-order valence-corrected chi connectivity index (χ4v) is 15.8. The number of nitrogens with one attached hydrogen (secondary N) is 7. The zero-order chi connectivity index (χ0) is 99.1. The highest BCUT2D eigenvalue weighted by Crippen LogP contribution is 2.49. The summed E-state index contributed by atoms with van der Waals surface area (Å²) in [5.41, 5.74) is 5.02. The predicted octanol–water partition coefficient (Wildman–Crippen LogP) is -1.32. The number of amides is 8. The number of unbranched alkanes of at least 4 members (excludes halogenated alkanes) is 8. The molecule has 20 atom stereocenters. The first-order valence-corrected chi connectivity index (χ1v) is 49.7. The van der Waals surface area contributed by atoms with E-state index in [0.717, 1.165) is 0 Å². The maximum Gasteiger partial charge on any atom is 0.472 e. The van der Waals surface area contributed by atoms with Crippen molar-refractivity contribution in [3.05, 3.63) is 12.7 Å². The van der Waals surface area contributed by atoms with E-state index in [1.807, 2.05) is 0 Å². The number of phosphoric acid groups is 1. The summed E-state index contributed by atoms with van der Waals surface area (Å²) in [6, 6.07) is -0.806. The van der Waals surface area contributed by atoms with E-state index < -0.39 is 170 Å². The number of phosphoric ester groups is 1. The quantitative estimate of drug-likeness (QED) is 0.0208. The van der Waals surface area contributed by atoms with Crippen molar-refractivity contribution >= 4 is 80.3 Å². The van der Waals surface area contributed by atoms with Crippen LogP contribution in [0.5, 0.6) is 0 Å². The second kappa shape index (κ2) is 67.1. The summed E-state index contributed by atoms with van der Waals surface area (Å²) in [7, 11) is -8.40. The monoisotopic (exact) mass is 1980 g/mol. The molecule has 0 saturated carbocycles. The number of fused-ring (bicyclic) bond motifs is 1. The third kappa shape index (κ3) is 47.1. The van der Waals surface area contributed by atoms with Gasteiger partial charge in [-0.3, -0.25) is 56.5 Å². The number of nitrogens with two attached hydrogens (primary N) is 1. The van der Waals surface area contributed by atoms with Gasteiger partial charge in [-0.1, -0.05) is 46.5 Å². The normalized spacial score (nSPS) is 22.0. The van der Waals surface area contributed by atoms with Crippen LogP contribution in [0.25, 0.3) is 11.2 Å². The molecule has 8 amide bonds. The first-order valence-electron chi connectivity index (χ1n) is 47.0. The molecule has 135 heavy (non-hydrogen) atoms. The minimum absolute atomic E-state index is 0.00958. The van der Waals surface area contributed by atoms with E-state index in [1.54, 1.807) is 20.8 Å². The number of ether oxygens (including phenoxy) is 10. The van der Waals surface area contributed by atoms with Crippen LogP contribution in [0.1, 0.15) is 201 Å². The number of carbonyl (C=O) groups is 8. The van der Waals surface area contributed by atoms with E-state index in [9.17, 15) is 108 Å². The second-order valence-corrected chi connectivity index (χ2v) is 36.6. The Bertz CT molecular complexity index is 3690. The molecular weight excluding hydrogens is 1820 g/mol. The molecule has 3 saturated heterocycles. The first kappa shape index (κ1) is 119. The molecule has 5 rings (SSSR count). The lowest BCUT2D eigenvalue weighted by Gasteiger charge is -2.40. The molecule has 3 aliphatic rings. The largest absolute Gasteiger partial charge is 0.472 e. The number of nitrogen functional groups attached to an aromatic ring is 1. The molecule has 778 valence electrons. The molecule has 7 unspecified atom stereocenters. The first-order chi connectivity index (χ1) is 64.7. The molecule has 48 nitrogen and oxygen atoms in total. The van der Waals surface area contributed by atoms with Gasteiger partial charge < -0.3 is 161 Å². The summed E-state index contributed by atoms with van der Waals surface area (Å²) in [4.78, 5) is 140. The van der Waals surface area contributed by atoms with E-state index in [1.165, 1.54) is 36.0 Å². The fourth-order valence-electron chi connectivity index (χ4n) is 14.5. The third-order valence-corrected chi connectivity index (χ3v) is 24.1. The van der Waals surface area contributed by atoms with Crippen molar-refractivity contribution in [2.45, 2.75) is 293 Å². The highest BCUT2D eigenvalue weighted by molar-refractivity contribution is 7.47. The molecule has 5 heterocycles. The van der Waals surface area contributed by atoms with Crippen LogP contribution in [0.3, 0.4) is 0 Å². The van der Waals surface area contributed by atoms with Crippen molar-refractivity contribution in [2.24, 2.45) is 17.8 Å². The van der Waals surface area contributed by atoms with E-state index in [-0.39, 0.29) is 241 Å². The Morgan fingerprint density at radius 3 is 1.47 bits per heavy atom. The number of likely N-dealkylation sites (tertiary alicyclic amines) is 1. The average molecular weight is 1980 g/mol. The summed E-state index contributed by atoms with van der Waals surface area (Å²) in [5.74, 6) is -3.97. The van der Waals surface area contributed by atoms with Crippen LogP contribution >= 0.6 is 16.1 Å². The maximum absolute atomic E-state index is 14.2. The molecule has 0 radical (unpaired) electrons. The molecule has 2 aromatic rings. The van der Waals surface area contributed by atoms with E-state index in [4.69, 9.17) is 66.7 Å². The Labute approximate surface area is 788 Å². The lowest BCUT2D eigenvalue weighted by atomic mass is 9.92. The molecule has 0 spiro atoms. The van der Waals surface area contributed by atoms with Crippen LogP contribution in [-0.4, -0.2) is 376 Å². The zero-order valence-corrected chi connectivity index (χ0v) is 80.4. The molecule has 50 heteroatoms. The van der Waals surface area contributed by atoms with Gasteiger partial charge in [0.25, 0.3) is 0 Å². The summed E-state index contributed by atoms with van der Waals surface area (Å²) in [6.45, 7) is 5.61. The minimum atomic E-state index is -4.94. The van der Waals surface area contributed by atoms with Crippen LogP contribution < -0.4 is 43.0 Å².